The van der Waals surface area contributed by atoms with Crippen molar-refractivity contribution in [1.29, 1.82) is 0 Å². The molecule has 2 amide bonds. The number of nitrogens with zero attached hydrogens (tertiary/aromatic N) is 1. The van der Waals surface area contributed by atoms with Crippen LogP contribution in [0.15, 0.2) is 24.3 Å². The lowest BCUT2D eigenvalue weighted by Crippen LogP contribution is -2.33. The van der Waals surface area contributed by atoms with Gasteiger partial charge in [0.1, 0.15) is 0 Å². The number of rotatable bonds is 1. The molecule has 0 saturated heterocycles. The van der Waals surface area contributed by atoms with Gasteiger partial charge < -0.3 is 4.74 Å². The summed E-state index contributed by atoms with van der Waals surface area (Å²) in [4.78, 5) is 23.8. The molecule has 0 fully saturated rings. The quantitative estimate of drug-likeness (QED) is 0.783. The van der Waals surface area contributed by atoms with E-state index in [9.17, 15) is 18.0 Å². The van der Waals surface area contributed by atoms with Crippen LogP contribution in [0.3, 0.4) is 0 Å². The van der Waals surface area contributed by atoms with Crippen molar-refractivity contribution in [3.8, 4) is 0 Å². The van der Waals surface area contributed by atoms with Crippen LogP contribution >= 0.6 is 0 Å². The molecule has 20 heavy (non-hydrogen) atoms. The predicted octanol–water partition coefficient (Wildman–Crippen LogP) is 1.24. The van der Waals surface area contributed by atoms with E-state index in [-0.39, 0.29) is 18.1 Å². The topological polar surface area (TPSA) is 101 Å². The van der Waals surface area contributed by atoms with Gasteiger partial charge in [-0.3, -0.25) is 9.35 Å². The molecule has 0 atom stereocenters. The highest BCUT2D eigenvalue weighted by Gasteiger charge is 2.32. The minimum atomic E-state index is -3.66. The maximum Gasteiger partial charge on any atom is 0.420 e. The van der Waals surface area contributed by atoms with Gasteiger partial charge >= 0.3 is 6.09 Å². The number of methoxy groups -OCH3 is 1. The fraction of sp³-hybridized carbons (Fsp3) is 0.333. The van der Waals surface area contributed by atoms with E-state index in [1.165, 1.54) is 14.0 Å². The number of hydrogen-bond acceptors (Lipinski definition) is 5. The summed E-state index contributed by atoms with van der Waals surface area (Å²) in [6, 6.07) is 7.19. The number of para-hydroxylation sites is 1. The number of fused-ring (bicyclic) bond motifs is 1. The Hall–Kier alpha value is -1.93. The number of amides is 2. The molecule has 0 radical (unpaired) electrons. The lowest BCUT2D eigenvalue weighted by molar-refractivity contribution is -0.116. The number of hydrogen-bond donors (Lipinski definition) is 1. The van der Waals surface area contributed by atoms with Crippen molar-refractivity contribution >= 4 is 27.8 Å². The van der Waals surface area contributed by atoms with E-state index >= 15 is 0 Å². The van der Waals surface area contributed by atoms with E-state index in [1.54, 1.807) is 12.1 Å². The molecule has 1 N–H and O–H groups in total. The highest BCUT2D eigenvalue weighted by Crippen LogP contribution is 2.28. The molecule has 1 aromatic carbocycles. The molecule has 0 aliphatic carbocycles. The molecular weight excluding hydrogens is 286 g/mol. The first kappa shape index (κ1) is 16.1. The second-order valence-corrected chi connectivity index (χ2v) is 5.62. The van der Waals surface area contributed by atoms with Gasteiger partial charge in [-0.05, 0) is 18.6 Å². The van der Waals surface area contributed by atoms with Crippen LogP contribution in [0.4, 0.5) is 10.5 Å². The van der Waals surface area contributed by atoms with Crippen LogP contribution in [-0.4, -0.2) is 37.8 Å². The van der Waals surface area contributed by atoms with Gasteiger partial charge in [0.25, 0.3) is 10.1 Å². The molecule has 0 spiro atoms. The van der Waals surface area contributed by atoms with Crippen molar-refractivity contribution in [3.05, 3.63) is 29.8 Å². The van der Waals surface area contributed by atoms with E-state index in [0.717, 1.165) is 10.5 Å². The summed E-state index contributed by atoms with van der Waals surface area (Å²) in [6.07, 6.45) is -0.356. The molecule has 1 aliphatic rings. The standard InChI is InChI=1S/C10H9NO3.C2H6O3S/c1-14-10(13)11-8-5-3-2-4-7(8)6-9(11)12;1-2-6(3,4)5/h2-5H,6H2,1H3;2H2,1H3,(H,3,4,5). The van der Waals surface area contributed by atoms with E-state index in [2.05, 4.69) is 4.74 Å². The Morgan fingerprint density at radius 2 is 1.95 bits per heavy atom. The van der Waals surface area contributed by atoms with Crippen molar-refractivity contribution in [2.45, 2.75) is 13.3 Å². The van der Waals surface area contributed by atoms with Crippen molar-refractivity contribution in [1.82, 2.24) is 0 Å². The predicted molar refractivity (Wildman–Crippen MR) is 72.1 cm³/mol. The normalized spacial score (nSPS) is 13.3. The van der Waals surface area contributed by atoms with E-state index in [4.69, 9.17) is 4.55 Å². The Morgan fingerprint density at radius 1 is 1.40 bits per heavy atom. The number of ether oxygens (including phenoxy) is 1. The summed E-state index contributed by atoms with van der Waals surface area (Å²) < 4.78 is 31.4. The number of benzene rings is 1. The fourth-order valence-corrected chi connectivity index (χ4v) is 1.55. The summed E-state index contributed by atoms with van der Waals surface area (Å²) in [6.45, 7) is 1.37. The molecule has 2 rings (SSSR count). The van der Waals surface area contributed by atoms with E-state index in [0.29, 0.717) is 5.69 Å². The summed E-state index contributed by atoms with van der Waals surface area (Å²) in [7, 11) is -2.40. The highest BCUT2D eigenvalue weighted by atomic mass is 32.2. The van der Waals surface area contributed by atoms with Crippen molar-refractivity contribution in [3.63, 3.8) is 0 Å². The zero-order valence-electron chi connectivity index (χ0n) is 11.1. The minimum Gasteiger partial charge on any atom is -0.452 e. The first-order chi connectivity index (χ1) is 9.30. The van der Waals surface area contributed by atoms with Crippen LogP contribution in [0, 0.1) is 0 Å². The van der Waals surface area contributed by atoms with Crippen LogP contribution in [0.5, 0.6) is 0 Å². The van der Waals surface area contributed by atoms with Gasteiger partial charge in [0.15, 0.2) is 0 Å². The second-order valence-electron chi connectivity index (χ2n) is 3.88. The van der Waals surface area contributed by atoms with Gasteiger partial charge in [-0.2, -0.15) is 8.42 Å². The number of carbonyl (C=O) groups is 2. The lowest BCUT2D eigenvalue weighted by Gasteiger charge is -2.12. The zero-order valence-corrected chi connectivity index (χ0v) is 11.9. The van der Waals surface area contributed by atoms with Gasteiger partial charge in [0.2, 0.25) is 5.91 Å². The second kappa shape index (κ2) is 6.49. The summed E-state index contributed by atoms with van der Waals surface area (Å²) in [5.41, 5.74) is 1.49. The summed E-state index contributed by atoms with van der Waals surface area (Å²) in [5.74, 6) is -0.439. The van der Waals surface area contributed by atoms with Crippen LogP contribution in [-0.2, 0) is 26.1 Å². The molecule has 0 bridgehead atoms. The van der Waals surface area contributed by atoms with Gasteiger partial charge in [-0.25, -0.2) is 9.69 Å². The molecule has 0 saturated carbocycles. The van der Waals surface area contributed by atoms with Crippen LogP contribution in [0.25, 0.3) is 0 Å². The lowest BCUT2D eigenvalue weighted by atomic mass is 10.2. The molecule has 110 valence electrons. The van der Waals surface area contributed by atoms with Crippen molar-refractivity contribution in [2.75, 3.05) is 17.8 Å². The third-order valence-electron chi connectivity index (χ3n) is 2.55. The Morgan fingerprint density at radius 3 is 2.45 bits per heavy atom. The Labute approximate surface area is 116 Å². The average Bonchev–Trinajstić information content (AvgIpc) is 2.73. The van der Waals surface area contributed by atoms with Gasteiger partial charge in [-0.1, -0.05) is 18.2 Å². The minimum absolute atomic E-state index is 0.201. The largest absolute Gasteiger partial charge is 0.452 e. The van der Waals surface area contributed by atoms with Gasteiger partial charge in [0, 0.05) is 0 Å². The van der Waals surface area contributed by atoms with E-state index in [1.807, 2.05) is 12.1 Å². The number of carbonyl (C=O) groups excluding carboxylic acids is 2. The maximum absolute atomic E-state index is 11.5. The van der Waals surface area contributed by atoms with Crippen LogP contribution < -0.4 is 4.90 Å². The summed E-state index contributed by atoms with van der Waals surface area (Å²) in [5, 5.41) is 0. The third kappa shape index (κ3) is 4.04. The van der Waals surface area contributed by atoms with Crippen molar-refractivity contribution < 1.29 is 27.3 Å². The van der Waals surface area contributed by atoms with Gasteiger partial charge in [-0.15, -0.1) is 0 Å². The molecular formula is C12H15NO6S. The monoisotopic (exact) mass is 301 g/mol. The first-order valence-electron chi connectivity index (χ1n) is 5.74. The number of anilines is 1. The SMILES string of the molecule is CCS(=O)(=O)O.COC(=O)N1C(=O)Cc2ccccc21. The Balaban J connectivity index is 0.000000286. The molecule has 1 aliphatic heterocycles. The van der Waals surface area contributed by atoms with Crippen LogP contribution in [0.1, 0.15) is 12.5 Å². The average molecular weight is 301 g/mol. The molecule has 1 heterocycles. The third-order valence-corrected chi connectivity index (χ3v) is 3.28. The molecule has 7 nitrogen and oxygen atoms in total. The highest BCUT2D eigenvalue weighted by molar-refractivity contribution is 7.85. The van der Waals surface area contributed by atoms with E-state index < -0.39 is 16.2 Å². The smallest absolute Gasteiger partial charge is 0.420 e. The molecule has 0 unspecified atom stereocenters. The molecule has 0 aromatic heterocycles. The Bertz CT molecular complexity index is 602. The maximum atomic E-state index is 11.5. The van der Waals surface area contributed by atoms with Gasteiger partial charge in [0.05, 0.1) is 25.0 Å². The first-order valence-corrected chi connectivity index (χ1v) is 7.35. The Kier molecular flexibility index (Phi) is 5.23. The fourth-order valence-electron chi connectivity index (χ4n) is 1.55. The summed E-state index contributed by atoms with van der Waals surface area (Å²) >= 11 is 0. The molecule has 8 heteroatoms. The van der Waals surface area contributed by atoms with Crippen LogP contribution in [0.2, 0.25) is 0 Å². The molecule has 1 aromatic rings. The zero-order chi connectivity index (χ0) is 15.3. The van der Waals surface area contributed by atoms with Crippen molar-refractivity contribution in [2.24, 2.45) is 0 Å². The number of imide groups is 1.